The first-order chi connectivity index (χ1) is 27.2. The summed E-state index contributed by atoms with van der Waals surface area (Å²) in [6, 6.07) is 66.8. The maximum atomic E-state index is 2.47. The molecule has 55 heavy (non-hydrogen) atoms. The van der Waals surface area contributed by atoms with Crippen LogP contribution in [0, 0.1) is 0 Å². The molecule has 0 radical (unpaired) electrons. The Labute approximate surface area is 319 Å². The molecule has 0 bridgehead atoms. The van der Waals surface area contributed by atoms with Gasteiger partial charge >= 0.3 is 0 Å². The van der Waals surface area contributed by atoms with Gasteiger partial charge in [-0.1, -0.05) is 146 Å². The fraction of sp³-hybridized carbons (Fsp3) is 0.0189. The topological polar surface area (TPSA) is 9.86 Å². The van der Waals surface area contributed by atoms with Gasteiger partial charge in [0.15, 0.2) is 0 Å². The molecule has 0 atom stereocenters. The van der Waals surface area contributed by atoms with Gasteiger partial charge in [0.1, 0.15) is 0 Å². The van der Waals surface area contributed by atoms with Crippen molar-refractivity contribution in [2.75, 3.05) is 0 Å². The lowest BCUT2D eigenvalue weighted by Gasteiger charge is -2.15. The molecule has 0 unspecified atom stereocenters. The zero-order valence-corrected chi connectivity index (χ0v) is 30.4. The molecule has 2 aromatic heterocycles. The summed E-state index contributed by atoms with van der Waals surface area (Å²) in [7, 11) is 0. The van der Waals surface area contributed by atoms with Crippen molar-refractivity contribution < 1.29 is 0 Å². The molecule has 0 aliphatic carbocycles. The van der Waals surface area contributed by atoms with Gasteiger partial charge in [0.2, 0.25) is 0 Å². The van der Waals surface area contributed by atoms with Gasteiger partial charge < -0.3 is 9.13 Å². The Morgan fingerprint density at radius 3 is 1.51 bits per heavy atom. The minimum Gasteiger partial charge on any atom is -0.316 e. The predicted octanol–water partition coefficient (Wildman–Crippen LogP) is 14.6. The monoisotopic (exact) mass is 700 g/mol. The van der Waals surface area contributed by atoms with Crippen LogP contribution in [0.1, 0.15) is 12.5 Å². The lowest BCUT2D eigenvalue weighted by atomic mass is 9.94. The first kappa shape index (κ1) is 31.4. The summed E-state index contributed by atoms with van der Waals surface area (Å²) >= 11 is 0. The van der Waals surface area contributed by atoms with Crippen molar-refractivity contribution in [1.82, 2.24) is 9.13 Å². The zero-order valence-electron chi connectivity index (χ0n) is 30.4. The van der Waals surface area contributed by atoms with Crippen molar-refractivity contribution in [2.45, 2.75) is 6.92 Å². The maximum absolute atomic E-state index is 2.47. The molecule has 0 fully saturated rings. The molecule has 2 heterocycles. The first-order valence-corrected chi connectivity index (χ1v) is 19.0. The second kappa shape index (κ2) is 12.5. The Kier molecular flexibility index (Phi) is 7.11. The van der Waals surface area contributed by atoms with E-state index in [9.17, 15) is 0 Å². The third-order valence-corrected chi connectivity index (χ3v) is 11.4. The van der Waals surface area contributed by atoms with E-state index in [-0.39, 0.29) is 0 Å². The third kappa shape index (κ3) is 4.96. The fourth-order valence-corrected chi connectivity index (χ4v) is 8.90. The van der Waals surface area contributed by atoms with E-state index in [0.29, 0.717) is 0 Å². The number of allylic oxidation sites excluding steroid dienone is 1. The summed E-state index contributed by atoms with van der Waals surface area (Å²) in [6.07, 6.45) is 6.69. The quantitative estimate of drug-likeness (QED) is 0.158. The van der Waals surface area contributed by atoms with Gasteiger partial charge in [-0.25, -0.2) is 0 Å². The van der Waals surface area contributed by atoms with E-state index in [1.807, 2.05) is 0 Å². The summed E-state index contributed by atoms with van der Waals surface area (Å²) in [4.78, 5) is 0. The number of hydrogen-bond donors (Lipinski definition) is 0. The molecule has 0 saturated carbocycles. The van der Waals surface area contributed by atoms with Crippen LogP contribution in [0.3, 0.4) is 0 Å². The molecule has 11 aromatic rings. The second-order valence-electron chi connectivity index (χ2n) is 14.5. The van der Waals surface area contributed by atoms with Crippen molar-refractivity contribution in [2.24, 2.45) is 0 Å². The van der Waals surface area contributed by atoms with Crippen LogP contribution in [0.5, 0.6) is 0 Å². The van der Waals surface area contributed by atoms with Crippen LogP contribution in [0.2, 0.25) is 0 Å². The summed E-state index contributed by atoms with van der Waals surface area (Å²) in [5.41, 5.74) is 11.8. The number of benzene rings is 9. The minimum atomic E-state index is 1.14. The highest BCUT2D eigenvalue weighted by Crippen LogP contribution is 2.41. The number of rotatable bonds is 5. The summed E-state index contributed by atoms with van der Waals surface area (Å²) in [6.45, 7) is 2.10. The number of aromatic nitrogens is 2. The van der Waals surface area contributed by atoms with Gasteiger partial charge in [-0.2, -0.15) is 0 Å². The highest BCUT2D eigenvalue weighted by atomic mass is 15.0. The van der Waals surface area contributed by atoms with Gasteiger partial charge in [-0.3, -0.25) is 0 Å². The van der Waals surface area contributed by atoms with E-state index in [2.05, 4.69) is 216 Å². The van der Waals surface area contributed by atoms with Crippen LogP contribution in [0.4, 0.5) is 0 Å². The highest BCUT2D eigenvalue weighted by molar-refractivity contribution is 6.25. The van der Waals surface area contributed by atoms with E-state index < -0.39 is 0 Å². The molecule has 0 aliphatic rings. The lowest BCUT2D eigenvalue weighted by molar-refractivity contribution is 1.13. The molecule has 9 aromatic carbocycles. The van der Waals surface area contributed by atoms with Crippen LogP contribution in [-0.2, 0) is 0 Å². The van der Waals surface area contributed by atoms with E-state index in [4.69, 9.17) is 0 Å². The zero-order chi connectivity index (χ0) is 36.5. The molecule has 0 amide bonds. The molecular weight excluding hydrogens is 665 g/mol. The molecule has 2 heteroatoms. The molecule has 0 N–H and O–H groups in total. The third-order valence-electron chi connectivity index (χ3n) is 11.4. The van der Waals surface area contributed by atoms with Crippen LogP contribution >= 0.6 is 0 Å². The highest BCUT2D eigenvalue weighted by Gasteiger charge is 2.19. The SMILES string of the molecule is CC=Cc1cn(-c2ccc3c4ccccc4c4ccccc4c3c2)c2cc3c(cc12)c1ccccc1n3-c1cc(-c2ccccc2)cc(-c2ccccc2)c1. The van der Waals surface area contributed by atoms with E-state index in [1.54, 1.807) is 0 Å². The Morgan fingerprint density at radius 1 is 0.345 bits per heavy atom. The van der Waals surface area contributed by atoms with E-state index in [0.717, 1.165) is 11.4 Å². The average molecular weight is 701 g/mol. The Hall–Kier alpha value is -7.16. The normalized spacial score (nSPS) is 12.0. The number of fused-ring (bicyclic) bond motifs is 10. The van der Waals surface area contributed by atoms with Crippen LogP contribution in [0.25, 0.3) is 105 Å². The van der Waals surface area contributed by atoms with Crippen LogP contribution in [-0.4, -0.2) is 9.13 Å². The number of nitrogens with zero attached hydrogens (tertiary/aromatic N) is 2. The van der Waals surface area contributed by atoms with Crippen molar-refractivity contribution >= 4 is 71.1 Å². The largest absolute Gasteiger partial charge is 0.316 e. The van der Waals surface area contributed by atoms with Crippen molar-refractivity contribution in [3.8, 4) is 33.6 Å². The van der Waals surface area contributed by atoms with Crippen molar-refractivity contribution in [3.05, 3.63) is 200 Å². The predicted molar refractivity (Wildman–Crippen MR) is 236 cm³/mol. The van der Waals surface area contributed by atoms with E-state index >= 15 is 0 Å². The molecule has 0 spiro atoms. The smallest absolute Gasteiger partial charge is 0.0562 e. The Bertz CT molecular complexity index is 3210. The number of para-hydroxylation sites is 1. The average Bonchev–Trinajstić information content (AvgIpc) is 3.78. The van der Waals surface area contributed by atoms with Crippen LogP contribution in [0.15, 0.2) is 194 Å². The van der Waals surface area contributed by atoms with Crippen molar-refractivity contribution in [3.63, 3.8) is 0 Å². The van der Waals surface area contributed by atoms with Crippen LogP contribution < -0.4 is 0 Å². The standard InChI is InChI=1S/C53H36N2/c1-2-15-37-34-54(40-26-27-46-44-22-10-9-20-42(44)43-21-11-12-23-45(43)49(46)31-40)52-33-53-50(32-48(37)52)47-24-13-14-25-51(47)55(53)41-29-38(35-16-5-3-6-17-35)28-39(30-41)36-18-7-4-8-19-36/h2-34H,1H3. The number of hydrogen-bond acceptors (Lipinski definition) is 0. The minimum absolute atomic E-state index is 1.14. The summed E-state index contributed by atoms with van der Waals surface area (Å²) in [5.74, 6) is 0. The van der Waals surface area contributed by atoms with Gasteiger partial charge in [0, 0.05) is 39.3 Å². The maximum Gasteiger partial charge on any atom is 0.0562 e. The van der Waals surface area contributed by atoms with Gasteiger partial charge in [-0.15, -0.1) is 0 Å². The second-order valence-corrected chi connectivity index (χ2v) is 14.5. The summed E-state index contributed by atoms with van der Waals surface area (Å²) < 4.78 is 4.86. The molecule has 2 nitrogen and oxygen atoms in total. The van der Waals surface area contributed by atoms with E-state index in [1.165, 1.54) is 92.8 Å². The van der Waals surface area contributed by atoms with Gasteiger partial charge in [-0.05, 0) is 110 Å². The Morgan fingerprint density at radius 2 is 0.891 bits per heavy atom. The van der Waals surface area contributed by atoms with Crippen molar-refractivity contribution in [1.29, 1.82) is 0 Å². The lowest BCUT2D eigenvalue weighted by Crippen LogP contribution is -1.97. The fourth-order valence-electron chi connectivity index (χ4n) is 8.90. The Balaban J connectivity index is 1.21. The molecule has 11 rings (SSSR count). The molecule has 258 valence electrons. The van der Waals surface area contributed by atoms with Gasteiger partial charge in [0.25, 0.3) is 0 Å². The molecular formula is C53H36N2. The van der Waals surface area contributed by atoms with Gasteiger partial charge in [0.05, 0.1) is 16.6 Å². The first-order valence-electron chi connectivity index (χ1n) is 19.0. The summed E-state index contributed by atoms with van der Waals surface area (Å²) in [5, 5.41) is 11.4. The molecule has 0 aliphatic heterocycles. The molecule has 0 saturated heterocycles.